The first-order valence-corrected chi connectivity index (χ1v) is 9.63. The fourth-order valence-corrected chi connectivity index (χ4v) is 4.52. The van der Waals surface area contributed by atoms with E-state index in [4.69, 9.17) is 11.6 Å². The number of hydrogen-bond donors (Lipinski definition) is 0. The van der Waals surface area contributed by atoms with E-state index < -0.39 is 28.7 Å². The number of rotatable bonds is 2. The van der Waals surface area contributed by atoms with Gasteiger partial charge in [-0.15, -0.1) is 10.2 Å². The predicted molar refractivity (Wildman–Crippen MR) is 99.4 cm³/mol. The van der Waals surface area contributed by atoms with Gasteiger partial charge in [0.2, 0.25) is 5.82 Å². The van der Waals surface area contributed by atoms with Crippen LogP contribution in [0.2, 0.25) is 5.02 Å². The highest BCUT2D eigenvalue weighted by molar-refractivity contribution is 6.34. The van der Waals surface area contributed by atoms with E-state index in [1.54, 1.807) is 23.4 Å². The normalized spacial score (nSPS) is 20.3. The fraction of sp³-hybridized carbons (Fsp3) is 0.316. The second-order valence-electron chi connectivity index (χ2n) is 7.19. The van der Waals surface area contributed by atoms with Crippen LogP contribution < -0.4 is 0 Å². The average molecular weight is 435 g/mol. The lowest BCUT2D eigenvalue weighted by atomic mass is 10.1. The topological polar surface area (TPSA) is 76.8 Å². The molecule has 30 heavy (non-hydrogen) atoms. The monoisotopic (exact) mass is 434 g/mol. The molecule has 0 N–H and O–H groups in total. The van der Waals surface area contributed by atoms with E-state index in [0.29, 0.717) is 36.9 Å². The zero-order valence-electron chi connectivity index (χ0n) is 15.3. The third-order valence-electron chi connectivity index (χ3n) is 5.51. The van der Waals surface area contributed by atoms with Crippen LogP contribution in [0, 0.1) is 0 Å². The summed E-state index contributed by atoms with van der Waals surface area (Å²) in [7, 11) is 0. The maximum Gasteiger partial charge on any atom is 0.417 e. The van der Waals surface area contributed by atoms with Crippen LogP contribution in [0.1, 0.15) is 40.6 Å². The van der Waals surface area contributed by atoms with Crippen LogP contribution in [-0.4, -0.2) is 41.6 Å². The Balaban J connectivity index is 1.52. The smallest absolute Gasteiger partial charge is 0.324 e. The summed E-state index contributed by atoms with van der Waals surface area (Å²) in [5.74, 6) is 0.969. The molecule has 2 bridgehead atoms. The lowest BCUT2D eigenvalue weighted by molar-refractivity contribution is -0.137. The molecule has 2 aliphatic heterocycles. The number of hydrogen-bond acceptors (Lipinski definition) is 5. The molecule has 0 spiro atoms. The molecule has 1 saturated heterocycles. The molecule has 154 valence electrons. The molecule has 2 aliphatic rings. The Morgan fingerprint density at radius 3 is 2.60 bits per heavy atom. The molecule has 0 unspecified atom stereocenters. The Morgan fingerprint density at radius 2 is 1.87 bits per heavy atom. The molecule has 5 rings (SSSR count). The number of benzene rings is 1. The third kappa shape index (κ3) is 2.85. The summed E-state index contributed by atoms with van der Waals surface area (Å²) in [4.78, 5) is 23.2. The number of nitrogens with zero attached hydrogens (tertiary/aromatic N) is 6. The summed E-state index contributed by atoms with van der Waals surface area (Å²) >= 11 is 5.99. The molecule has 0 radical (unpaired) electrons. The number of halogens is 4. The summed E-state index contributed by atoms with van der Waals surface area (Å²) in [5, 5.41) is 7.85. The molecular formula is C19H14ClF3N6O. The van der Waals surface area contributed by atoms with Crippen molar-refractivity contribution in [2.24, 2.45) is 0 Å². The number of carbonyl (C=O) groups is 1. The Hall–Kier alpha value is -3.01. The molecule has 3 aromatic rings. The largest absolute Gasteiger partial charge is 0.417 e. The second-order valence-corrected chi connectivity index (χ2v) is 7.57. The van der Waals surface area contributed by atoms with Gasteiger partial charge < -0.3 is 9.47 Å². The molecule has 0 saturated carbocycles. The number of amides is 1. The van der Waals surface area contributed by atoms with Crippen molar-refractivity contribution in [2.45, 2.75) is 37.6 Å². The molecule has 1 aromatic carbocycles. The van der Waals surface area contributed by atoms with Gasteiger partial charge in [-0.25, -0.2) is 9.97 Å². The van der Waals surface area contributed by atoms with Crippen molar-refractivity contribution >= 4 is 17.5 Å². The van der Waals surface area contributed by atoms with Gasteiger partial charge in [0, 0.05) is 18.9 Å². The van der Waals surface area contributed by atoms with Crippen molar-refractivity contribution in [3.05, 3.63) is 58.6 Å². The Morgan fingerprint density at radius 1 is 1.10 bits per heavy atom. The summed E-state index contributed by atoms with van der Waals surface area (Å²) < 4.78 is 41.5. The van der Waals surface area contributed by atoms with E-state index >= 15 is 0 Å². The molecule has 2 aromatic heterocycles. The first-order chi connectivity index (χ1) is 14.4. The van der Waals surface area contributed by atoms with Crippen LogP contribution in [-0.2, 0) is 12.7 Å². The third-order valence-corrected chi connectivity index (χ3v) is 5.92. The van der Waals surface area contributed by atoms with E-state index in [9.17, 15) is 18.0 Å². The van der Waals surface area contributed by atoms with E-state index in [1.807, 2.05) is 4.57 Å². The maximum absolute atomic E-state index is 13.2. The molecule has 4 heterocycles. The van der Waals surface area contributed by atoms with Crippen LogP contribution in [0.5, 0.6) is 0 Å². The summed E-state index contributed by atoms with van der Waals surface area (Å²) in [6.07, 6.45) is -0.0923. The highest BCUT2D eigenvalue weighted by atomic mass is 35.5. The SMILES string of the molecule is O=C(c1cccc(C(F)(F)F)c1Cl)N1[C@H]2CC[C@@H]1c1nnc(-c3ncccn3)n1C2. The molecular weight excluding hydrogens is 421 g/mol. The molecule has 11 heteroatoms. The first kappa shape index (κ1) is 19.0. The molecule has 1 fully saturated rings. The minimum atomic E-state index is -4.64. The standard InChI is InChI=1S/C19H14ClF3N6O/c20-14-11(3-1-4-12(14)19(21,22)23)18(30)29-10-5-6-13(29)16-26-27-17(28(16)9-10)15-24-7-2-8-25-15/h1-4,7-8,10,13H,5-6,9H2/t10-,13+/m0/s1. The Labute approximate surface area is 173 Å². The summed E-state index contributed by atoms with van der Waals surface area (Å²) in [5.41, 5.74) is -1.19. The zero-order chi connectivity index (χ0) is 21.0. The average Bonchev–Trinajstić information content (AvgIpc) is 3.28. The fourth-order valence-electron chi connectivity index (χ4n) is 4.21. The van der Waals surface area contributed by atoms with Crippen LogP contribution in [0.3, 0.4) is 0 Å². The van der Waals surface area contributed by atoms with Gasteiger partial charge in [-0.1, -0.05) is 17.7 Å². The Kier molecular flexibility index (Phi) is 4.28. The highest BCUT2D eigenvalue weighted by Gasteiger charge is 2.46. The van der Waals surface area contributed by atoms with E-state index in [-0.39, 0.29) is 11.6 Å². The van der Waals surface area contributed by atoms with Gasteiger partial charge in [-0.05, 0) is 31.0 Å². The predicted octanol–water partition coefficient (Wildman–Crippen LogP) is 3.77. The Bertz CT molecular complexity index is 1130. The summed E-state index contributed by atoms with van der Waals surface area (Å²) in [6, 6.07) is 4.47. The zero-order valence-corrected chi connectivity index (χ0v) is 16.1. The lowest BCUT2D eigenvalue weighted by Crippen LogP contribution is -2.44. The lowest BCUT2D eigenvalue weighted by Gasteiger charge is -2.35. The minimum Gasteiger partial charge on any atom is -0.324 e. The molecule has 2 atom stereocenters. The van der Waals surface area contributed by atoms with E-state index in [2.05, 4.69) is 20.2 Å². The van der Waals surface area contributed by atoms with Crippen LogP contribution in [0.15, 0.2) is 36.7 Å². The van der Waals surface area contributed by atoms with Crippen LogP contribution >= 0.6 is 11.6 Å². The van der Waals surface area contributed by atoms with Crippen molar-refractivity contribution in [2.75, 3.05) is 0 Å². The summed E-state index contributed by atoms with van der Waals surface area (Å²) in [6.45, 7) is 0.411. The number of fused-ring (bicyclic) bond motifs is 4. The number of carbonyl (C=O) groups excluding carboxylic acids is 1. The van der Waals surface area contributed by atoms with Crippen molar-refractivity contribution in [3.63, 3.8) is 0 Å². The van der Waals surface area contributed by atoms with Crippen LogP contribution in [0.4, 0.5) is 13.2 Å². The van der Waals surface area contributed by atoms with Gasteiger partial charge in [-0.2, -0.15) is 13.2 Å². The van der Waals surface area contributed by atoms with Crippen molar-refractivity contribution in [1.82, 2.24) is 29.6 Å². The maximum atomic E-state index is 13.2. The number of alkyl halides is 3. The van der Waals surface area contributed by atoms with Crippen LogP contribution in [0.25, 0.3) is 11.6 Å². The van der Waals surface area contributed by atoms with Gasteiger partial charge >= 0.3 is 6.18 Å². The molecule has 7 nitrogen and oxygen atoms in total. The van der Waals surface area contributed by atoms with Gasteiger partial charge in [-0.3, -0.25) is 4.79 Å². The van der Waals surface area contributed by atoms with Crippen molar-refractivity contribution in [1.29, 1.82) is 0 Å². The first-order valence-electron chi connectivity index (χ1n) is 9.25. The second kappa shape index (κ2) is 6.76. The van der Waals surface area contributed by atoms with E-state index in [1.165, 1.54) is 12.1 Å². The minimum absolute atomic E-state index is 0.164. The van der Waals surface area contributed by atoms with Gasteiger partial charge in [0.25, 0.3) is 5.91 Å². The van der Waals surface area contributed by atoms with Crippen molar-refractivity contribution < 1.29 is 18.0 Å². The van der Waals surface area contributed by atoms with Gasteiger partial charge in [0.1, 0.15) is 0 Å². The quantitative estimate of drug-likeness (QED) is 0.613. The molecule has 0 aliphatic carbocycles. The van der Waals surface area contributed by atoms with Gasteiger partial charge in [0.15, 0.2) is 11.6 Å². The highest BCUT2D eigenvalue weighted by Crippen LogP contribution is 2.44. The van der Waals surface area contributed by atoms with Crippen molar-refractivity contribution in [3.8, 4) is 11.6 Å². The number of aromatic nitrogens is 5. The molecule has 1 amide bonds. The van der Waals surface area contributed by atoms with E-state index in [0.717, 1.165) is 6.07 Å². The van der Waals surface area contributed by atoms with Gasteiger partial charge in [0.05, 0.1) is 28.2 Å².